The lowest BCUT2D eigenvalue weighted by molar-refractivity contribution is -0.274. The Morgan fingerprint density at radius 1 is 1.26 bits per heavy atom. The van der Waals surface area contributed by atoms with Crippen LogP contribution in [0.15, 0.2) is 22.1 Å². The van der Waals surface area contributed by atoms with Crippen LogP contribution in [0.3, 0.4) is 0 Å². The minimum atomic E-state index is -4.97. The lowest BCUT2D eigenvalue weighted by Gasteiger charge is -2.38. The van der Waals surface area contributed by atoms with Gasteiger partial charge in [-0.25, -0.2) is 9.78 Å². The molecule has 0 saturated carbocycles. The van der Waals surface area contributed by atoms with Crippen LogP contribution in [-0.2, 0) is 10.3 Å². The van der Waals surface area contributed by atoms with Gasteiger partial charge in [-0.15, -0.1) is 24.5 Å². The second-order valence-corrected chi connectivity index (χ2v) is 9.95. The van der Waals surface area contributed by atoms with Gasteiger partial charge in [0.1, 0.15) is 5.01 Å². The molecular weight excluding hydrogens is 489 g/mol. The first-order valence-electron chi connectivity index (χ1n) is 10.9. The van der Waals surface area contributed by atoms with Crippen LogP contribution in [-0.4, -0.2) is 64.7 Å². The number of ether oxygens (including phenoxy) is 2. The van der Waals surface area contributed by atoms with Crippen molar-refractivity contribution in [1.82, 2.24) is 14.9 Å². The van der Waals surface area contributed by atoms with E-state index in [1.165, 1.54) is 29.4 Å². The van der Waals surface area contributed by atoms with E-state index < -0.39 is 23.8 Å². The average molecular weight is 513 g/mol. The molecule has 2 aliphatic rings. The number of anilines is 1. The number of methoxy groups -OCH3 is 1. The van der Waals surface area contributed by atoms with Crippen LogP contribution in [0.5, 0.6) is 5.75 Å². The molecule has 2 atom stereocenters. The molecule has 2 unspecified atom stereocenters. The lowest BCUT2D eigenvalue weighted by atomic mass is 9.94. The standard InChI is InChI=1S/C22H23F3N4O5S/c1-21(2,32-3)14-8-13(18-26-6-7-35-18)16-15(17(14)34-22(23,24)25)27-19(33-16)28-9-11-4-5-12(10-28)29(11)20(30)31/h6-8,11-12H,4-5,9-10H2,1-3H3,(H,30,31). The molecule has 1 aromatic carbocycles. The van der Waals surface area contributed by atoms with E-state index in [1.807, 2.05) is 0 Å². The second kappa shape index (κ2) is 8.26. The topological polar surface area (TPSA) is 101 Å². The highest BCUT2D eigenvalue weighted by Gasteiger charge is 2.44. The first-order chi connectivity index (χ1) is 16.5. The zero-order chi connectivity index (χ0) is 25.1. The number of carboxylic acid groups (broad SMARTS) is 1. The molecule has 2 bridgehead atoms. The average Bonchev–Trinajstić information content (AvgIpc) is 3.51. The van der Waals surface area contributed by atoms with Gasteiger partial charge in [0, 0.05) is 37.3 Å². The molecule has 0 aliphatic carbocycles. The Hall–Kier alpha value is -3.06. The Balaban J connectivity index is 1.68. The molecule has 1 N–H and O–H groups in total. The van der Waals surface area contributed by atoms with Crippen molar-refractivity contribution in [3.8, 4) is 16.3 Å². The number of amides is 1. The summed E-state index contributed by atoms with van der Waals surface area (Å²) in [6.45, 7) is 3.92. The van der Waals surface area contributed by atoms with Crippen LogP contribution < -0.4 is 9.64 Å². The molecule has 0 spiro atoms. The Morgan fingerprint density at radius 2 is 1.94 bits per heavy atom. The van der Waals surface area contributed by atoms with Crippen LogP contribution >= 0.6 is 11.3 Å². The van der Waals surface area contributed by atoms with E-state index >= 15 is 0 Å². The molecule has 9 nitrogen and oxygen atoms in total. The van der Waals surface area contributed by atoms with E-state index in [0.717, 1.165) is 0 Å². The molecule has 2 aliphatic heterocycles. The summed E-state index contributed by atoms with van der Waals surface area (Å²) in [5.41, 5.74) is -0.524. The Labute approximate surface area is 202 Å². The highest BCUT2D eigenvalue weighted by Crippen LogP contribution is 2.46. The van der Waals surface area contributed by atoms with Gasteiger partial charge in [0.15, 0.2) is 16.8 Å². The Kier molecular flexibility index (Phi) is 5.59. The molecule has 1 amide bonds. The minimum Gasteiger partial charge on any atom is -0.465 e. The fourth-order valence-corrected chi connectivity index (χ4v) is 5.50. The maximum absolute atomic E-state index is 13.5. The normalized spacial score (nSPS) is 20.6. The zero-order valence-electron chi connectivity index (χ0n) is 19.1. The van der Waals surface area contributed by atoms with Gasteiger partial charge in [0.2, 0.25) is 0 Å². The monoisotopic (exact) mass is 512 g/mol. The van der Waals surface area contributed by atoms with Crippen LogP contribution in [0.1, 0.15) is 32.3 Å². The lowest BCUT2D eigenvalue weighted by Crippen LogP contribution is -2.55. The number of aromatic nitrogens is 2. The summed E-state index contributed by atoms with van der Waals surface area (Å²) >= 11 is 1.31. The number of oxazole rings is 1. The predicted molar refractivity (Wildman–Crippen MR) is 121 cm³/mol. The predicted octanol–water partition coefficient (Wildman–Crippen LogP) is 5.06. The van der Waals surface area contributed by atoms with E-state index in [9.17, 15) is 23.1 Å². The van der Waals surface area contributed by atoms with Crippen LogP contribution in [0, 0.1) is 0 Å². The number of hydrogen-bond acceptors (Lipinski definition) is 8. The van der Waals surface area contributed by atoms with Crippen molar-refractivity contribution in [3.05, 3.63) is 23.2 Å². The number of thiazole rings is 1. The molecule has 2 aromatic heterocycles. The van der Waals surface area contributed by atoms with Gasteiger partial charge in [-0.2, -0.15) is 4.98 Å². The van der Waals surface area contributed by atoms with Gasteiger partial charge < -0.3 is 23.9 Å². The summed E-state index contributed by atoms with van der Waals surface area (Å²) in [6, 6.07) is 1.16. The van der Waals surface area contributed by atoms with E-state index in [2.05, 4.69) is 14.7 Å². The van der Waals surface area contributed by atoms with Crippen molar-refractivity contribution in [1.29, 1.82) is 0 Å². The molecule has 2 saturated heterocycles. The van der Waals surface area contributed by atoms with Crippen molar-refractivity contribution in [2.45, 2.75) is 50.7 Å². The number of rotatable bonds is 5. The number of hydrogen-bond donors (Lipinski definition) is 1. The first-order valence-corrected chi connectivity index (χ1v) is 11.8. The van der Waals surface area contributed by atoms with Crippen molar-refractivity contribution in [3.63, 3.8) is 0 Å². The molecule has 2 fully saturated rings. The number of benzene rings is 1. The van der Waals surface area contributed by atoms with Crippen LogP contribution in [0.25, 0.3) is 21.7 Å². The molecule has 4 heterocycles. The van der Waals surface area contributed by atoms with E-state index in [4.69, 9.17) is 9.15 Å². The third-order valence-corrected chi connectivity index (χ3v) is 7.43. The number of nitrogens with zero attached hydrogens (tertiary/aromatic N) is 4. The van der Waals surface area contributed by atoms with Gasteiger partial charge in [0.25, 0.3) is 6.01 Å². The quantitative estimate of drug-likeness (QED) is 0.506. The van der Waals surface area contributed by atoms with E-state index in [-0.39, 0.29) is 34.8 Å². The third-order valence-electron chi connectivity index (χ3n) is 6.62. The summed E-state index contributed by atoms with van der Waals surface area (Å²) in [4.78, 5) is 23.6. The Morgan fingerprint density at radius 3 is 2.49 bits per heavy atom. The van der Waals surface area contributed by atoms with Crippen molar-refractivity contribution < 1.29 is 37.0 Å². The smallest absolute Gasteiger partial charge is 0.465 e. The van der Waals surface area contributed by atoms with Gasteiger partial charge in [0.05, 0.1) is 23.2 Å². The van der Waals surface area contributed by atoms with Gasteiger partial charge in [-0.3, -0.25) is 4.90 Å². The molecule has 13 heteroatoms. The maximum Gasteiger partial charge on any atom is 0.573 e. The summed E-state index contributed by atoms with van der Waals surface area (Å²) < 4.78 is 56.6. The number of carbonyl (C=O) groups is 1. The highest BCUT2D eigenvalue weighted by atomic mass is 32.1. The molecular formula is C22H23F3N4O5S. The number of fused-ring (bicyclic) bond motifs is 3. The maximum atomic E-state index is 13.5. The van der Waals surface area contributed by atoms with Crippen LogP contribution in [0.4, 0.5) is 24.0 Å². The largest absolute Gasteiger partial charge is 0.573 e. The summed E-state index contributed by atoms with van der Waals surface area (Å²) in [7, 11) is 1.40. The molecule has 188 valence electrons. The highest BCUT2D eigenvalue weighted by molar-refractivity contribution is 7.13. The number of piperazine rings is 1. The summed E-state index contributed by atoms with van der Waals surface area (Å²) in [6.07, 6.45) is -2.96. The third kappa shape index (κ3) is 4.16. The number of alkyl halides is 3. The van der Waals surface area contributed by atoms with Crippen LogP contribution in [0.2, 0.25) is 0 Å². The molecule has 3 aromatic rings. The van der Waals surface area contributed by atoms with Crippen molar-refractivity contribution in [2.75, 3.05) is 25.1 Å². The fourth-order valence-electron chi connectivity index (χ4n) is 4.85. The number of halogens is 3. The zero-order valence-corrected chi connectivity index (χ0v) is 19.9. The van der Waals surface area contributed by atoms with E-state index in [0.29, 0.717) is 36.5 Å². The van der Waals surface area contributed by atoms with E-state index in [1.54, 1.807) is 30.3 Å². The van der Waals surface area contributed by atoms with Gasteiger partial charge >= 0.3 is 12.5 Å². The SMILES string of the molecule is COC(C)(C)c1cc(-c2nccs2)c2oc(N3CC4CCC(C3)N4C(=O)O)nc2c1OC(F)(F)F. The van der Waals surface area contributed by atoms with Crippen molar-refractivity contribution >= 4 is 34.5 Å². The Bertz CT molecular complexity index is 1250. The van der Waals surface area contributed by atoms with Crippen molar-refractivity contribution in [2.24, 2.45) is 0 Å². The van der Waals surface area contributed by atoms with Gasteiger partial charge in [-0.1, -0.05) is 0 Å². The second-order valence-electron chi connectivity index (χ2n) is 9.05. The molecule has 0 radical (unpaired) electrons. The molecule has 35 heavy (non-hydrogen) atoms. The first kappa shape index (κ1) is 23.7. The minimum absolute atomic E-state index is 0.0989. The summed E-state index contributed by atoms with van der Waals surface area (Å²) in [5, 5.41) is 11.8. The molecule has 5 rings (SSSR count). The summed E-state index contributed by atoms with van der Waals surface area (Å²) in [5.74, 6) is -0.498. The fraction of sp³-hybridized carbons (Fsp3) is 0.500. The van der Waals surface area contributed by atoms with Gasteiger partial charge in [-0.05, 0) is 32.8 Å².